The molecule has 210 valence electrons. The van der Waals surface area contributed by atoms with Crippen LogP contribution in [0.15, 0.2) is 107 Å². The van der Waals surface area contributed by atoms with Crippen molar-refractivity contribution in [2.45, 2.75) is 13.8 Å². The summed E-state index contributed by atoms with van der Waals surface area (Å²) in [6.07, 6.45) is 1.38. The van der Waals surface area contributed by atoms with Crippen molar-refractivity contribution in [3.63, 3.8) is 0 Å². The van der Waals surface area contributed by atoms with Crippen LogP contribution in [-0.4, -0.2) is 30.4 Å². The second kappa shape index (κ2) is 12.2. The van der Waals surface area contributed by atoms with Gasteiger partial charge < -0.3 is 10.1 Å². The predicted molar refractivity (Wildman–Crippen MR) is 165 cm³/mol. The number of para-hydroxylation sites is 2. The normalized spacial score (nSPS) is 13.3. The number of halogens is 1. The molecule has 42 heavy (non-hydrogen) atoms. The molecule has 0 atom stereocenters. The molecule has 0 aliphatic carbocycles. The number of nitrogens with one attached hydrogen (secondary N) is 1. The van der Waals surface area contributed by atoms with Gasteiger partial charge in [0.2, 0.25) is 0 Å². The fraction of sp³-hybridized carbons (Fsp3) is 0.0909. The van der Waals surface area contributed by atoms with E-state index in [0.29, 0.717) is 27.1 Å². The Kier molecular flexibility index (Phi) is 8.31. The Bertz CT molecular complexity index is 1660. The molecule has 0 bridgehead atoms. The van der Waals surface area contributed by atoms with Gasteiger partial charge in [-0.2, -0.15) is 0 Å². The topological polar surface area (TPSA) is 96.0 Å². The van der Waals surface area contributed by atoms with E-state index in [-0.39, 0.29) is 23.8 Å². The van der Waals surface area contributed by atoms with Crippen molar-refractivity contribution >= 4 is 62.8 Å². The van der Waals surface area contributed by atoms with Crippen LogP contribution in [-0.2, 0) is 14.4 Å². The summed E-state index contributed by atoms with van der Waals surface area (Å²) >= 11 is 3.43. The Morgan fingerprint density at radius 2 is 1.40 bits per heavy atom. The van der Waals surface area contributed by atoms with E-state index in [0.717, 1.165) is 20.9 Å². The summed E-state index contributed by atoms with van der Waals surface area (Å²) in [5, 5.41) is 2.84. The van der Waals surface area contributed by atoms with Gasteiger partial charge in [-0.05, 0) is 74.0 Å². The van der Waals surface area contributed by atoms with E-state index in [1.807, 2.05) is 32.0 Å². The Morgan fingerprint density at radius 3 is 1.98 bits per heavy atom. The molecule has 1 N–H and O–H groups in total. The molecule has 0 aromatic heterocycles. The highest BCUT2D eigenvalue weighted by Crippen LogP contribution is 2.32. The molecule has 1 aliphatic heterocycles. The molecular weight excluding hydrogens is 598 g/mol. The van der Waals surface area contributed by atoms with Crippen LogP contribution in [0.3, 0.4) is 0 Å². The van der Waals surface area contributed by atoms with Crippen LogP contribution in [0.5, 0.6) is 5.75 Å². The fourth-order valence-electron chi connectivity index (χ4n) is 4.54. The number of amides is 5. The van der Waals surface area contributed by atoms with Gasteiger partial charge in [-0.1, -0.05) is 70.0 Å². The highest BCUT2D eigenvalue weighted by molar-refractivity contribution is 9.10. The first-order chi connectivity index (χ1) is 20.2. The van der Waals surface area contributed by atoms with Gasteiger partial charge in [0.25, 0.3) is 17.7 Å². The van der Waals surface area contributed by atoms with Crippen LogP contribution in [0.2, 0.25) is 0 Å². The smallest absolute Gasteiger partial charge is 0.343 e. The number of aryl methyl sites for hydroxylation is 2. The summed E-state index contributed by atoms with van der Waals surface area (Å²) in [4.78, 5) is 55.6. The van der Waals surface area contributed by atoms with Gasteiger partial charge in [-0.15, -0.1) is 0 Å². The predicted octanol–water partition coefficient (Wildman–Crippen LogP) is 6.67. The standard InChI is InChI=1S/C33H26BrN3O5/c1-21-13-15-28(22(2)17-21)35-30(38)20-42-29-16-14-24(34)18-23(29)19-27-31(39)36(25-9-5-3-6-10-25)33(41)37(32(27)40)26-11-7-4-8-12-26/h3-19H,20H2,1-2H3,(H,35,38). The van der Waals surface area contributed by atoms with Crippen LogP contribution < -0.4 is 19.9 Å². The molecule has 0 radical (unpaired) electrons. The Morgan fingerprint density at radius 1 is 0.810 bits per heavy atom. The van der Waals surface area contributed by atoms with E-state index in [2.05, 4.69) is 21.2 Å². The minimum absolute atomic E-state index is 0.245. The maximum atomic E-state index is 13.7. The highest BCUT2D eigenvalue weighted by Gasteiger charge is 2.43. The lowest BCUT2D eigenvalue weighted by Gasteiger charge is -2.34. The average Bonchev–Trinajstić information content (AvgIpc) is 2.97. The lowest BCUT2D eigenvalue weighted by molar-refractivity contribution is -0.121. The third kappa shape index (κ3) is 6.01. The van der Waals surface area contributed by atoms with Crippen molar-refractivity contribution in [3.8, 4) is 5.75 Å². The molecule has 1 heterocycles. The van der Waals surface area contributed by atoms with Crippen molar-refractivity contribution in [2.24, 2.45) is 0 Å². The second-order valence-electron chi connectivity index (χ2n) is 9.63. The maximum absolute atomic E-state index is 13.7. The zero-order chi connectivity index (χ0) is 29.8. The number of anilines is 3. The number of rotatable bonds is 7. The van der Waals surface area contributed by atoms with E-state index in [1.54, 1.807) is 78.9 Å². The number of nitrogens with zero attached hydrogens (tertiary/aromatic N) is 2. The third-order valence-electron chi connectivity index (χ3n) is 6.56. The Balaban J connectivity index is 1.48. The minimum Gasteiger partial charge on any atom is -0.483 e. The number of ether oxygens (including phenoxy) is 1. The summed E-state index contributed by atoms with van der Waals surface area (Å²) in [5.41, 5.74) is 3.45. The number of hydrogen-bond donors (Lipinski definition) is 1. The first-order valence-corrected chi connectivity index (χ1v) is 13.9. The SMILES string of the molecule is Cc1ccc(NC(=O)COc2ccc(Br)cc2C=C2C(=O)N(c3ccccc3)C(=O)N(c3ccccc3)C2=O)c(C)c1. The van der Waals surface area contributed by atoms with Gasteiger partial charge in [0.15, 0.2) is 6.61 Å². The number of urea groups is 1. The van der Waals surface area contributed by atoms with Crippen molar-refractivity contribution in [3.05, 3.63) is 124 Å². The first-order valence-electron chi connectivity index (χ1n) is 13.1. The van der Waals surface area contributed by atoms with Gasteiger partial charge in [0.1, 0.15) is 11.3 Å². The largest absolute Gasteiger partial charge is 0.483 e. The molecule has 1 fully saturated rings. The van der Waals surface area contributed by atoms with E-state index >= 15 is 0 Å². The molecule has 0 unspecified atom stereocenters. The molecule has 0 saturated carbocycles. The van der Waals surface area contributed by atoms with Crippen LogP contribution in [0.4, 0.5) is 21.9 Å². The lowest BCUT2D eigenvalue weighted by Crippen LogP contribution is -2.57. The van der Waals surface area contributed by atoms with Gasteiger partial charge in [0, 0.05) is 15.7 Å². The van der Waals surface area contributed by atoms with E-state index < -0.39 is 17.8 Å². The first kappa shape index (κ1) is 28.5. The molecule has 1 saturated heterocycles. The molecule has 1 aliphatic rings. The van der Waals surface area contributed by atoms with E-state index in [4.69, 9.17) is 4.74 Å². The van der Waals surface area contributed by atoms with Crippen LogP contribution >= 0.6 is 15.9 Å². The fourth-order valence-corrected chi connectivity index (χ4v) is 4.92. The van der Waals surface area contributed by atoms with Crippen molar-refractivity contribution in [2.75, 3.05) is 21.7 Å². The third-order valence-corrected chi connectivity index (χ3v) is 7.06. The van der Waals surface area contributed by atoms with Crippen molar-refractivity contribution < 1.29 is 23.9 Å². The molecule has 4 aromatic rings. The summed E-state index contributed by atoms with van der Waals surface area (Å²) in [5.74, 6) is -1.65. The van der Waals surface area contributed by atoms with Crippen molar-refractivity contribution in [1.29, 1.82) is 0 Å². The molecular formula is C33H26BrN3O5. The minimum atomic E-state index is -0.784. The van der Waals surface area contributed by atoms with Crippen LogP contribution in [0.1, 0.15) is 16.7 Å². The van der Waals surface area contributed by atoms with Gasteiger partial charge >= 0.3 is 6.03 Å². The molecule has 5 amide bonds. The molecule has 8 nitrogen and oxygen atoms in total. The zero-order valence-electron chi connectivity index (χ0n) is 22.8. The number of barbiturate groups is 1. The number of carbonyl (C=O) groups is 4. The summed E-state index contributed by atoms with van der Waals surface area (Å²) in [6, 6.07) is 26.8. The summed E-state index contributed by atoms with van der Waals surface area (Å²) in [7, 11) is 0. The molecule has 9 heteroatoms. The molecule has 5 rings (SSSR count). The summed E-state index contributed by atoms with van der Waals surface area (Å²) < 4.78 is 6.51. The highest BCUT2D eigenvalue weighted by atomic mass is 79.9. The van der Waals surface area contributed by atoms with E-state index in [1.165, 1.54) is 6.08 Å². The number of benzene rings is 4. The van der Waals surface area contributed by atoms with Crippen molar-refractivity contribution in [1.82, 2.24) is 0 Å². The van der Waals surface area contributed by atoms with Crippen LogP contribution in [0, 0.1) is 13.8 Å². The van der Waals surface area contributed by atoms with Crippen LogP contribution in [0.25, 0.3) is 6.08 Å². The zero-order valence-corrected chi connectivity index (χ0v) is 24.4. The van der Waals surface area contributed by atoms with Gasteiger partial charge in [0.05, 0.1) is 11.4 Å². The maximum Gasteiger partial charge on any atom is 0.343 e. The molecule has 0 spiro atoms. The second-order valence-corrected chi connectivity index (χ2v) is 10.5. The van der Waals surface area contributed by atoms with Gasteiger partial charge in [-0.25, -0.2) is 14.6 Å². The summed E-state index contributed by atoms with van der Waals surface area (Å²) in [6.45, 7) is 3.57. The number of imide groups is 2. The Labute approximate surface area is 251 Å². The van der Waals surface area contributed by atoms with E-state index in [9.17, 15) is 19.2 Å². The Hall–Kier alpha value is -5.02. The van der Waals surface area contributed by atoms with Gasteiger partial charge in [-0.3, -0.25) is 14.4 Å². The monoisotopic (exact) mass is 623 g/mol. The number of carbonyl (C=O) groups excluding carboxylic acids is 4. The quantitative estimate of drug-likeness (QED) is 0.183. The number of hydrogen-bond acceptors (Lipinski definition) is 5. The average molecular weight is 624 g/mol. The molecule has 4 aromatic carbocycles. The lowest BCUT2D eigenvalue weighted by atomic mass is 10.0.